The summed E-state index contributed by atoms with van der Waals surface area (Å²) in [5, 5.41) is 12.4. The second kappa shape index (κ2) is 17.4. The van der Waals surface area contributed by atoms with Gasteiger partial charge in [-0.05, 0) is 78.3 Å². The van der Waals surface area contributed by atoms with Crippen LogP contribution in [0.1, 0.15) is 67.9 Å². The first-order valence-corrected chi connectivity index (χ1v) is 16.0. The van der Waals surface area contributed by atoms with Crippen LogP contribution < -0.4 is 24.2 Å². The Morgan fingerprint density at radius 3 is 2.47 bits per heavy atom. The molecule has 0 saturated heterocycles. The Kier molecular flexibility index (Phi) is 15.0. The van der Waals surface area contributed by atoms with Gasteiger partial charge in [-0.15, -0.1) is 0 Å². The number of thioether (sulfide) groups is 2. The number of carbonyl (C=O) groups excluding carboxylic acids is 1. The van der Waals surface area contributed by atoms with Gasteiger partial charge in [-0.2, -0.15) is 23.5 Å². The van der Waals surface area contributed by atoms with E-state index in [9.17, 15) is 14.7 Å². The van der Waals surface area contributed by atoms with Crippen molar-refractivity contribution < 1.29 is 39.7 Å². The summed E-state index contributed by atoms with van der Waals surface area (Å²) in [5.74, 6) is 1.03. The number of carboxylic acid groups (broad SMARTS) is 1. The molecule has 3 rings (SSSR count). The summed E-state index contributed by atoms with van der Waals surface area (Å²) in [4.78, 5) is 25.0. The van der Waals surface area contributed by atoms with E-state index in [4.69, 9.17) is 4.74 Å². The van der Waals surface area contributed by atoms with Crippen LogP contribution >= 0.6 is 23.5 Å². The second-order valence-corrected chi connectivity index (χ2v) is 11.9. The van der Waals surface area contributed by atoms with E-state index in [0.717, 1.165) is 40.3 Å². The summed E-state index contributed by atoms with van der Waals surface area (Å²) in [6.07, 6.45) is 12.4. The molecule has 2 unspecified atom stereocenters. The Bertz CT molecular complexity index is 1040. The van der Waals surface area contributed by atoms with Crippen LogP contribution in [0.3, 0.4) is 0 Å². The van der Waals surface area contributed by atoms with E-state index in [1.54, 1.807) is 11.8 Å². The number of carbonyl (C=O) groups is 2. The number of aliphatic carboxylic acids is 1. The van der Waals surface area contributed by atoms with Crippen LogP contribution in [0.4, 0.5) is 0 Å². The molecule has 2 aromatic carbocycles. The molecule has 2 atom stereocenters. The van der Waals surface area contributed by atoms with Gasteiger partial charge in [0.25, 0.3) is 5.91 Å². The molecule has 0 spiro atoms. The Hall–Kier alpha value is -1.36. The Morgan fingerprint density at radius 1 is 1.08 bits per heavy atom. The molecule has 0 bridgehead atoms. The molecule has 0 radical (unpaired) electrons. The maximum atomic E-state index is 13.3. The van der Waals surface area contributed by atoms with E-state index >= 15 is 0 Å². The van der Waals surface area contributed by atoms with Gasteiger partial charge < -0.3 is 16.6 Å². The number of nitrogens with one attached hydrogen (secondary N) is 1. The number of carboxylic acids is 1. The largest absolute Gasteiger partial charge is 1.00 e. The van der Waals surface area contributed by atoms with Gasteiger partial charge in [-0.25, -0.2) is 4.79 Å². The first kappa shape index (κ1) is 32.8. The van der Waals surface area contributed by atoms with E-state index in [1.165, 1.54) is 32.1 Å². The third-order valence-electron chi connectivity index (χ3n) is 7.14. The first-order chi connectivity index (χ1) is 17.9. The molecule has 1 amide bonds. The summed E-state index contributed by atoms with van der Waals surface area (Å²) in [5.41, 5.74) is 4.33. The topological polar surface area (TPSA) is 75.6 Å². The molecule has 2 N–H and O–H groups in total. The zero-order chi connectivity index (χ0) is 26.6. The van der Waals surface area contributed by atoms with Gasteiger partial charge in [0.15, 0.2) is 0 Å². The average Bonchev–Trinajstić information content (AvgIpc) is 2.90. The molecule has 1 saturated carbocycles. The van der Waals surface area contributed by atoms with Crippen molar-refractivity contribution in [2.24, 2.45) is 5.92 Å². The molecule has 204 valence electrons. The summed E-state index contributed by atoms with van der Waals surface area (Å²) < 4.78 is 6.43. The third kappa shape index (κ3) is 9.99. The van der Waals surface area contributed by atoms with E-state index < -0.39 is 12.0 Å². The fourth-order valence-electron chi connectivity index (χ4n) is 5.08. The SMILES string of the molecule is CSCCC(NC(=O)c1ccc(COC(CSC)CC2CCCCC2)cc1-c1ccccc1C)C(=O)O.[H-].[Li+]. The van der Waals surface area contributed by atoms with Crippen LogP contribution in [-0.2, 0) is 16.1 Å². The predicted octanol–water partition coefficient (Wildman–Crippen LogP) is 3.93. The normalized spacial score (nSPS) is 15.3. The van der Waals surface area contributed by atoms with Gasteiger partial charge in [0.2, 0.25) is 0 Å². The molecule has 1 fully saturated rings. The van der Waals surface area contributed by atoms with Crippen LogP contribution in [0.5, 0.6) is 0 Å². The van der Waals surface area contributed by atoms with Crippen molar-refractivity contribution in [1.82, 2.24) is 5.32 Å². The molecule has 5 nitrogen and oxygen atoms in total. The van der Waals surface area contributed by atoms with Gasteiger partial charge >= 0.3 is 24.8 Å². The monoisotopic (exact) mass is 551 g/mol. The third-order valence-corrected chi connectivity index (χ3v) is 8.49. The summed E-state index contributed by atoms with van der Waals surface area (Å²) in [6.45, 7) is 2.52. The Labute approximate surface area is 250 Å². The minimum Gasteiger partial charge on any atom is -1.00 e. The molecule has 1 aliphatic carbocycles. The second-order valence-electron chi connectivity index (χ2n) is 9.97. The van der Waals surface area contributed by atoms with Gasteiger partial charge in [-0.1, -0.05) is 62.4 Å². The molecular formula is C30H42LiNO4S2. The van der Waals surface area contributed by atoms with Crippen molar-refractivity contribution in [3.63, 3.8) is 0 Å². The van der Waals surface area contributed by atoms with E-state index in [-0.39, 0.29) is 32.3 Å². The maximum absolute atomic E-state index is 13.3. The van der Waals surface area contributed by atoms with Gasteiger partial charge in [0.05, 0.1) is 12.7 Å². The molecule has 0 aromatic heterocycles. The number of benzene rings is 2. The van der Waals surface area contributed by atoms with E-state index in [1.807, 2.05) is 67.4 Å². The summed E-state index contributed by atoms with van der Waals surface area (Å²) >= 11 is 3.39. The molecule has 2 aromatic rings. The van der Waals surface area contributed by atoms with Crippen LogP contribution in [0.15, 0.2) is 42.5 Å². The zero-order valence-corrected chi connectivity index (χ0v) is 25.0. The zero-order valence-electron chi connectivity index (χ0n) is 24.3. The number of amides is 1. The molecule has 8 heteroatoms. The van der Waals surface area contributed by atoms with Gasteiger partial charge in [-0.3, -0.25) is 4.79 Å². The van der Waals surface area contributed by atoms with E-state index in [2.05, 4.69) is 11.6 Å². The smallest absolute Gasteiger partial charge is 1.00 e. The molecule has 0 aliphatic heterocycles. The maximum Gasteiger partial charge on any atom is 1.00 e. The van der Waals surface area contributed by atoms with Crippen molar-refractivity contribution in [2.75, 3.05) is 24.0 Å². The van der Waals surface area contributed by atoms with Crippen LogP contribution in [0.25, 0.3) is 11.1 Å². The van der Waals surface area contributed by atoms with E-state index in [0.29, 0.717) is 24.3 Å². The standard InChI is InChI=1S/C30H41NO4S2.Li.H/c1-21-9-7-8-12-25(21)27-18-23(19-35-24(20-37-3)17-22-10-5-4-6-11-22)13-14-26(27)29(32)31-28(30(33)34)15-16-36-2;;/h7-9,12-14,18,22,24,28H,4-6,10-11,15-17,19-20H2,1-3H3,(H,31,32)(H,33,34);;/q;+1;-1. The van der Waals surface area contributed by atoms with Crippen molar-refractivity contribution in [3.8, 4) is 11.1 Å². The van der Waals surface area contributed by atoms with Gasteiger partial charge in [0, 0.05) is 11.3 Å². The van der Waals surface area contributed by atoms with Crippen molar-refractivity contribution >= 4 is 35.4 Å². The van der Waals surface area contributed by atoms with Crippen LogP contribution in [0, 0.1) is 12.8 Å². The number of hydrogen-bond acceptors (Lipinski definition) is 5. The fourth-order valence-corrected chi connectivity index (χ4v) is 6.16. The number of aryl methyl sites for hydroxylation is 1. The van der Waals surface area contributed by atoms with Crippen LogP contribution in [0.2, 0.25) is 0 Å². The van der Waals surface area contributed by atoms with Crippen molar-refractivity contribution in [1.29, 1.82) is 0 Å². The molecule has 38 heavy (non-hydrogen) atoms. The average molecular weight is 552 g/mol. The fraction of sp³-hybridized carbons (Fsp3) is 0.533. The predicted molar refractivity (Wildman–Crippen MR) is 158 cm³/mol. The molecular weight excluding hydrogens is 509 g/mol. The number of ether oxygens (including phenoxy) is 1. The Balaban J connectivity index is 0.00000380. The first-order valence-electron chi connectivity index (χ1n) is 13.2. The minimum atomic E-state index is -1.01. The number of rotatable bonds is 14. The quantitative estimate of drug-likeness (QED) is 0.347. The molecule has 1 aliphatic rings. The Morgan fingerprint density at radius 2 is 1.82 bits per heavy atom. The van der Waals surface area contributed by atoms with Crippen molar-refractivity contribution in [2.45, 2.75) is 70.6 Å². The minimum absolute atomic E-state index is 0. The molecule has 0 heterocycles. The van der Waals surface area contributed by atoms with Crippen molar-refractivity contribution in [3.05, 3.63) is 59.2 Å². The number of hydrogen-bond donors (Lipinski definition) is 2. The summed E-state index contributed by atoms with van der Waals surface area (Å²) in [6, 6.07) is 12.8. The van der Waals surface area contributed by atoms with Crippen LogP contribution in [-0.4, -0.2) is 53.1 Å². The summed E-state index contributed by atoms with van der Waals surface area (Å²) in [7, 11) is 0. The van der Waals surface area contributed by atoms with Gasteiger partial charge in [0.1, 0.15) is 6.04 Å².